The number of hydrogen-bond donors (Lipinski definition) is 1. The summed E-state index contributed by atoms with van der Waals surface area (Å²) in [6.45, 7) is 7.20. The summed E-state index contributed by atoms with van der Waals surface area (Å²) >= 11 is 4.19. The van der Waals surface area contributed by atoms with Gasteiger partial charge in [0.25, 0.3) is 0 Å². The van der Waals surface area contributed by atoms with Crippen LogP contribution in [0.3, 0.4) is 0 Å². The Balaban J connectivity index is 1.61. The highest BCUT2D eigenvalue weighted by atomic mass is 32.2. The normalized spacial score (nSPS) is 12.2. The summed E-state index contributed by atoms with van der Waals surface area (Å²) in [6, 6.07) is 3.88. The van der Waals surface area contributed by atoms with Crippen molar-refractivity contribution in [3.8, 4) is 10.7 Å². The van der Waals surface area contributed by atoms with E-state index < -0.39 is 0 Å². The second-order valence-corrected chi connectivity index (χ2v) is 8.88. The van der Waals surface area contributed by atoms with Gasteiger partial charge in [-0.1, -0.05) is 34.7 Å². The van der Waals surface area contributed by atoms with E-state index in [-0.39, 0.29) is 16.9 Å². The number of thiophene rings is 1. The molecule has 0 aliphatic carbocycles. The number of thioether (sulfide) groups is 2. The molecular weight excluding hydrogens is 418 g/mol. The topological polar surface area (TPSA) is 116 Å². The van der Waals surface area contributed by atoms with E-state index in [1.165, 1.54) is 28.2 Å². The largest absolute Gasteiger partial charge is 0.343 e. The van der Waals surface area contributed by atoms with Crippen LogP contribution in [0.25, 0.3) is 10.7 Å². The van der Waals surface area contributed by atoms with Gasteiger partial charge in [-0.05, 0) is 32.2 Å². The fourth-order valence-electron chi connectivity index (χ4n) is 2.35. The molecule has 1 amide bonds. The summed E-state index contributed by atoms with van der Waals surface area (Å²) < 4.78 is 6.76. The molecular formula is C16H21N7O2S3. The first-order valence-electron chi connectivity index (χ1n) is 8.68. The molecule has 1 atom stereocenters. The summed E-state index contributed by atoms with van der Waals surface area (Å²) in [5, 5.41) is 15.0. The third-order valence-electron chi connectivity index (χ3n) is 3.89. The second-order valence-electron chi connectivity index (χ2n) is 5.68. The van der Waals surface area contributed by atoms with E-state index >= 15 is 0 Å². The van der Waals surface area contributed by atoms with Gasteiger partial charge >= 0.3 is 0 Å². The molecule has 0 aliphatic rings. The van der Waals surface area contributed by atoms with E-state index in [0.717, 1.165) is 4.88 Å². The van der Waals surface area contributed by atoms with Crippen LogP contribution in [0.2, 0.25) is 0 Å². The van der Waals surface area contributed by atoms with Crippen LogP contribution in [0.5, 0.6) is 0 Å². The predicted octanol–water partition coefficient (Wildman–Crippen LogP) is 2.92. The Labute approximate surface area is 175 Å². The van der Waals surface area contributed by atoms with Crippen molar-refractivity contribution in [2.75, 3.05) is 24.7 Å². The highest BCUT2D eigenvalue weighted by Crippen LogP contribution is 2.34. The number of nitrogens with two attached hydrogens (primary N) is 1. The molecule has 3 heterocycles. The van der Waals surface area contributed by atoms with Crippen molar-refractivity contribution in [2.24, 2.45) is 0 Å². The molecule has 0 saturated carbocycles. The number of amides is 1. The van der Waals surface area contributed by atoms with E-state index in [9.17, 15) is 4.79 Å². The smallest absolute Gasteiger partial charge is 0.240 e. The van der Waals surface area contributed by atoms with Crippen LogP contribution >= 0.6 is 34.9 Å². The number of hydrogen-bond acceptors (Lipinski definition) is 10. The number of nitrogen functional groups attached to an aromatic ring is 1. The van der Waals surface area contributed by atoms with Crippen LogP contribution < -0.4 is 5.84 Å². The lowest BCUT2D eigenvalue weighted by Gasteiger charge is -2.17. The lowest BCUT2D eigenvalue weighted by molar-refractivity contribution is -0.127. The number of nitrogens with zero attached hydrogens (tertiary/aromatic N) is 6. The standard InChI is InChI=1S/C16H21N7O2S3/c1-4-22(5-2)12(24)9-27-15-19-20-16(23(15)17)28-10(3)14-18-13(21-25-14)11-7-6-8-26-11/h6-8,10H,4-5,9,17H2,1-3H3. The zero-order chi connectivity index (χ0) is 20.1. The van der Waals surface area contributed by atoms with Crippen LogP contribution in [0.1, 0.15) is 31.9 Å². The van der Waals surface area contributed by atoms with Crippen LogP contribution in [-0.2, 0) is 4.79 Å². The van der Waals surface area contributed by atoms with Gasteiger partial charge in [-0.3, -0.25) is 4.79 Å². The molecule has 9 nitrogen and oxygen atoms in total. The summed E-state index contributed by atoms with van der Waals surface area (Å²) in [6.07, 6.45) is 0. The SMILES string of the molecule is CCN(CC)C(=O)CSc1nnc(SC(C)c2nc(-c3cccs3)no2)n1N. The summed E-state index contributed by atoms with van der Waals surface area (Å²) in [7, 11) is 0. The third kappa shape index (κ3) is 4.67. The Bertz CT molecular complexity index is 905. The van der Waals surface area contributed by atoms with Gasteiger partial charge in [-0.25, -0.2) is 4.68 Å². The van der Waals surface area contributed by atoms with Gasteiger partial charge in [0.05, 0.1) is 15.9 Å². The maximum absolute atomic E-state index is 12.1. The molecule has 0 fully saturated rings. The minimum absolute atomic E-state index is 0.0486. The summed E-state index contributed by atoms with van der Waals surface area (Å²) in [4.78, 5) is 19.3. The van der Waals surface area contributed by atoms with Gasteiger partial charge in [-0.2, -0.15) is 4.98 Å². The highest BCUT2D eigenvalue weighted by molar-refractivity contribution is 8.00. The monoisotopic (exact) mass is 439 g/mol. The van der Waals surface area contributed by atoms with Crippen molar-refractivity contribution < 1.29 is 9.32 Å². The lowest BCUT2D eigenvalue weighted by Crippen LogP contribution is -2.32. The fraction of sp³-hybridized carbons (Fsp3) is 0.438. The van der Waals surface area contributed by atoms with E-state index in [4.69, 9.17) is 10.4 Å². The number of carbonyl (C=O) groups is 1. The second kappa shape index (κ2) is 9.43. The molecule has 3 rings (SSSR count). The Hall–Kier alpha value is -2.05. The Morgan fingerprint density at radius 2 is 2.11 bits per heavy atom. The van der Waals surface area contributed by atoms with Gasteiger partial charge in [0.2, 0.25) is 27.9 Å². The molecule has 0 aliphatic heterocycles. The van der Waals surface area contributed by atoms with Crippen LogP contribution in [0.4, 0.5) is 0 Å². The first-order valence-corrected chi connectivity index (χ1v) is 11.4. The van der Waals surface area contributed by atoms with Crippen molar-refractivity contribution >= 4 is 40.8 Å². The van der Waals surface area contributed by atoms with Crippen molar-refractivity contribution in [3.63, 3.8) is 0 Å². The predicted molar refractivity (Wildman–Crippen MR) is 111 cm³/mol. The zero-order valence-corrected chi connectivity index (χ0v) is 18.2. The molecule has 0 spiro atoms. The Morgan fingerprint density at radius 1 is 1.36 bits per heavy atom. The minimum atomic E-state index is -0.150. The molecule has 3 aromatic rings. The number of rotatable bonds is 9. The highest BCUT2D eigenvalue weighted by Gasteiger charge is 2.21. The molecule has 0 bridgehead atoms. The van der Waals surface area contributed by atoms with Crippen LogP contribution in [0.15, 0.2) is 32.3 Å². The third-order valence-corrected chi connectivity index (χ3v) is 6.73. The fourth-order valence-corrected chi connectivity index (χ4v) is 4.62. The molecule has 0 radical (unpaired) electrons. The molecule has 12 heteroatoms. The van der Waals surface area contributed by atoms with Crippen molar-refractivity contribution in [1.82, 2.24) is 29.9 Å². The van der Waals surface area contributed by atoms with Gasteiger partial charge in [0.15, 0.2) is 0 Å². The quantitative estimate of drug-likeness (QED) is 0.397. The van der Waals surface area contributed by atoms with Crippen molar-refractivity contribution in [3.05, 3.63) is 23.4 Å². The van der Waals surface area contributed by atoms with Gasteiger partial charge in [0, 0.05) is 13.1 Å². The van der Waals surface area contributed by atoms with Gasteiger partial charge in [-0.15, -0.1) is 21.5 Å². The average molecular weight is 440 g/mol. The zero-order valence-electron chi connectivity index (χ0n) is 15.7. The molecule has 28 heavy (non-hydrogen) atoms. The van der Waals surface area contributed by atoms with Crippen molar-refractivity contribution in [2.45, 2.75) is 36.3 Å². The van der Waals surface area contributed by atoms with E-state index in [0.29, 0.717) is 35.1 Å². The van der Waals surface area contributed by atoms with E-state index in [2.05, 4.69) is 20.3 Å². The van der Waals surface area contributed by atoms with Gasteiger partial charge in [0.1, 0.15) is 0 Å². The molecule has 150 valence electrons. The summed E-state index contributed by atoms with van der Waals surface area (Å²) in [5.41, 5.74) is 0. The minimum Gasteiger partial charge on any atom is -0.343 e. The number of carbonyl (C=O) groups excluding carboxylic acids is 1. The van der Waals surface area contributed by atoms with Gasteiger partial charge < -0.3 is 15.3 Å². The Kier molecular flexibility index (Phi) is 6.97. The Morgan fingerprint density at radius 3 is 2.79 bits per heavy atom. The maximum Gasteiger partial charge on any atom is 0.240 e. The van der Waals surface area contributed by atoms with Crippen molar-refractivity contribution in [1.29, 1.82) is 0 Å². The first kappa shape index (κ1) is 20.7. The molecule has 0 saturated heterocycles. The first-order chi connectivity index (χ1) is 13.5. The summed E-state index contributed by atoms with van der Waals surface area (Å²) in [5.74, 6) is 7.47. The molecule has 1 unspecified atom stereocenters. The van der Waals surface area contributed by atoms with E-state index in [1.54, 1.807) is 16.2 Å². The lowest BCUT2D eigenvalue weighted by atomic mass is 10.4. The van der Waals surface area contributed by atoms with E-state index in [1.807, 2.05) is 38.3 Å². The molecule has 3 aromatic heterocycles. The molecule has 2 N–H and O–H groups in total. The number of aromatic nitrogens is 5. The maximum atomic E-state index is 12.1. The van der Waals surface area contributed by atoms with Crippen LogP contribution in [-0.4, -0.2) is 54.7 Å². The molecule has 0 aromatic carbocycles. The van der Waals surface area contributed by atoms with Crippen LogP contribution in [0, 0.1) is 0 Å². The average Bonchev–Trinajstić information content (AvgIpc) is 3.43.